The highest BCUT2D eigenvalue weighted by atomic mass is 16.6. The zero-order valence-corrected chi connectivity index (χ0v) is 10.8. The van der Waals surface area contributed by atoms with Crippen molar-refractivity contribution in [2.45, 2.75) is 37.7 Å². The number of benzene rings is 1. The highest BCUT2D eigenvalue weighted by molar-refractivity contribution is 5.69. The van der Waals surface area contributed by atoms with Crippen LogP contribution in [0.4, 0.5) is 17.1 Å². The van der Waals surface area contributed by atoms with Crippen LogP contribution in [0, 0.1) is 10.1 Å². The molecule has 1 aromatic carbocycles. The van der Waals surface area contributed by atoms with Crippen molar-refractivity contribution in [3.05, 3.63) is 28.3 Å². The molecule has 1 saturated carbocycles. The van der Waals surface area contributed by atoms with Crippen LogP contribution in [0.25, 0.3) is 0 Å². The fraction of sp³-hybridized carbons (Fsp3) is 0.538. The Morgan fingerprint density at radius 1 is 1.37 bits per heavy atom. The number of anilines is 2. The predicted octanol–water partition coefficient (Wildman–Crippen LogP) is 2.28. The first-order valence-electron chi connectivity index (χ1n) is 6.50. The summed E-state index contributed by atoms with van der Waals surface area (Å²) in [4.78, 5) is 10.1. The summed E-state index contributed by atoms with van der Waals surface area (Å²) in [6, 6.07) is 4.32. The quantitative estimate of drug-likeness (QED) is 0.440. The van der Waals surface area contributed by atoms with E-state index in [1.165, 1.54) is 18.6 Å². The first-order chi connectivity index (χ1) is 9.00. The van der Waals surface area contributed by atoms with Crippen molar-refractivity contribution in [3.8, 4) is 0 Å². The minimum absolute atomic E-state index is 0.0283. The fourth-order valence-corrected chi connectivity index (χ4v) is 2.47. The molecule has 0 amide bonds. The summed E-state index contributed by atoms with van der Waals surface area (Å²) in [5, 5.41) is 24.1. The van der Waals surface area contributed by atoms with E-state index < -0.39 is 10.5 Å². The topological polar surface area (TPSA) is 101 Å². The number of hydrogen-bond acceptors (Lipinski definition) is 5. The number of nitrogens with two attached hydrogens (primary N) is 1. The fourth-order valence-electron chi connectivity index (χ4n) is 2.47. The van der Waals surface area contributed by atoms with Gasteiger partial charge >= 0.3 is 0 Å². The zero-order chi connectivity index (χ0) is 13.9. The van der Waals surface area contributed by atoms with Gasteiger partial charge in [-0.2, -0.15) is 0 Å². The molecular formula is C13H19N3O3. The number of nitrogen functional groups attached to an aromatic ring is 1. The number of nitrogens with zero attached hydrogens (tertiary/aromatic N) is 1. The number of non-ortho nitro benzene ring substituents is 1. The molecule has 0 aromatic heterocycles. The Morgan fingerprint density at radius 2 is 2.05 bits per heavy atom. The third kappa shape index (κ3) is 3.35. The van der Waals surface area contributed by atoms with Gasteiger partial charge in [0.25, 0.3) is 5.69 Å². The van der Waals surface area contributed by atoms with Crippen LogP contribution in [-0.4, -0.2) is 22.2 Å². The number of nitrogens with one attached hydrogen (secondary N) is 1. The lowest BCUT2D eigenvalue weighted by Crippen LogP contribution is -2.38. The Kier molecular flexibility index (Phi) is 3.90. The van der Waals surface area contributed by atoms with Crippen molar-refractivity contribution in [3.63, 3.8) is 0 Å². The minimum Gasteiger partial charge on any atom is -0.397 e. The van der Waals surface area contributed by atoms with E-state index in [1.807, 2.05) is 0 Å². The van der Waals surface area contributed by atoms with Crippen molar-refractivity contribution in [1.82, 2.24) is 0 Å². The summed E-state index contributed by atoms with van der Waals surface area (Å²) < 4.78 is 0. The van der Waals surface area contributed by atoms with Gasteiger partial charge in [-0.15, -0.1) is 0 Å². The molecule has 2 rings (SSSR count). The molecule has 0 saturated heterocycles. The second-order valence-corrected chi connectivity index (χ2v) is 5.17. The monoisotopic (exact) mass is 265 g/mol. The molecule has 1 aliphatic carbocycles. The van der Waals surface area contributed by atoms with Crippen LogP contribution in [0.2, 0.25) is 0 Å². The molecule has 6 nitrogen and oxygen atoms in total. The van der Waals surface area contributed by atoms with Crippen molar-refractivity contribution in [2.24, 2.45) is 0 Å². The Morgan fingerprint density at radius 3 is 2.63 bits per heavy atom. The molecule has 19 heavy (non-hydrogen) atoms. The maximum atomic E-state index is 10.6. The third-order valence-electron chi connectivity index (χ3n) is 3.64. The highest BCUT2D eigenvalue weighted by Gasteiger charge is 2.28. The maximum Gasteiger partial charge on any atom is 0.271 e. The number of nitro benzene ring substituents is 1. The average Bonchev–Trinajstić information content (AvgIpc) is 2.38. The summed E-state index contributed by atoms with van der Waals surface area (Å²) in [7, 11) is 0. The highest BCUT2D eigenvalue weighted by Crippen LogP contribution is 2.30. The van der Waals surface area contributed by atoms with Crippen molar-refractivity contribution < 1.29 is 10.0 Å². The summed E-state index contributed by atoms with van der Waals surface area (Å²) in [5.41, 5.74) is 6.01. The van der Waals surface area contributed by atoms with Gasteiger partial charge in [-0.1, -0.05) is 19.3 Å². The van der Waals surface area contributed by atoms with E-state index in [0.717, 1.165) is 25.7 Å². The van der Waals surface area contributed by atoms with Crippen molar-refractivity contribution >= 4 is 17.1 Å². The van der Waals surface area contributed by atoms with Crippen LogP contribution in [0.3, 0.4) is 0 Å². The van der Waals surface area contributed by atoms with E-state index in [-0.39, 0.29) is 5.69 Å². The standard InChI is InChI=1S/C13H19N3O3/c14-11-8-10(16(18)19)4-5-12(11)15-9-13(17)6-2-1-3-7-13/h4-5,8,15,17H,1-3,6-7,9,14H2. The third-order valence-corrected chi connectivity index (χ3v) is 3.64. The lowest BCUT2D eigenvalue weighted by molar-refractivity contribution is -0.384. The second-order valence-electron chi connectivity index (χ2n) is 5.17. The molecule has 1 fully saturated rings. The predicted molar refractivity (Wildman–Crippen MR) is 74.0 cm³/mol. The Hall–Kier alpha value is -1.82. The van der Waals surface area contributed by atoms with Gasteiger partial charge in [0, 0.05) is 18.7 Å². The first-order valence-corrected chi connectivity index (χ1v) is 6.50. The number of rotatable bonds is 4. The molecule has 4 N–H and O–H groups in total. The zero-order valence-electron chi connectivity index (χ0n) is 10.8. The Labute approximate surface area is 111 Å². The van der Waals surface area contributed by atoms with Gasteiger partial charge < -0.3 is 16.2 Å². The summed E-state index contributed by atoms with van der Waals surface area (Å²) >= 11 is 0. The van der Waals surface area contributed by atoms with E-state index in [1.54, 1.807) is 6.07 Å². The number of aliphatic hydroxyl groups is 1. The lowest BCUT2D eigenvalue weighted by Gasteiger charge is -2.32. The van der Waals surface area contributed by atoms with Crippen LogP contribution < -0.4 is 11.1 Å². The van der Waals surface area contributed by atoms with Crippen LogP contribution in [-0.2, 0) is 0 Å². The number of nitro groups is 1. The normalized spacial score (nSPS) is 17.9. The molecule has 0 spiro atoms. The molecule has 0 radical (unpaired) electrons. The molecule has 104 valence electrons. The molecule has 0 heterocycles. The SMILES string of the molecule is Nc1cc([N+](=O)[O-])ccc1NCC1(O)CCCCC1. The Balaban J connectivity index is 2.01. The van der Waals surface area contributed by atoms with Gasteiger partial charge in [-0.3, -0.25) is 10.1 Å². The molecule has 1 aliphatic rings. The minimum atomic E-state index is -0.688. The molecule has 6 heteroatoms. The summed E-state index contributed by atoms with van der Waals surface area (Å²) in [6.45, 7) is 0.426. The van der Waals surface area contributed by atoms with Crippen LogP contribution in [0.1, 0.15) is 32.1 Å². The lowest BCUT2D eigenvalue weighted by atomic mass is 9.85. The molecule has 1 aromatic rings. The van der Waals surface area contributed by atoms with Crippen molar-refractivity contribution in [1.29, 1.82) is 0 Å². The molecular weight excluding hydrogens is 246 g/mol. The molecule has 0 aliphatic heterocycles. The van der Waals surface area contributed by atoms with Crippen molar-refractivity contribution in [2.75, 3.05) is 17.6 Å². The largest absolute Gasteiger partial charge is 0.397 e. The van der Waals surface area contributed by atoms with Gasteiger partial charge in [0.1, 0.15) is 0 Å². The second kappa shape index (κ2) is 5.44. The van der Waals surface area contributed by atoms with E-state index in [0.29, 0.717) is 17.9 Å². The van der Waals surface area contributed by atoms with Gasteiger partial charge in [0.2, 0.25) is 0 Å². The van der Waals surface area contributed by atoms with E-state index in [9.17, 15) is 15.2 Å². The van der Waals surface area contributed by atoms with Crippen LogP contribution in [0.5, 0.6) is 0 Å². The Bertz CT molecular complexity index is 470. The molecule has 0 atom stereocenters. The van der Waals surface area contributed by atoms with E-state index >= 15 is 0 Å². The van der Waals surface area contributed by atoms with Gasteiger partial charge in [-0.25, -0.2) is 0 Å². The molecule has 0 bridgehead atoms. The average molecular weight is 265 g/mol. The summed E-state index contributed by atoms with van der Waals surface area (Å²) in [6.07, 6.45) is 4.81. The van der Waals surface area contributed by atoms with E-state index in [4.69, 9.17) is 5.73 Å². The van der Waals surface area contributed by atoms with Gasteiger partial charge in [0.05, 0.1) is 21.9 Å². The molecule has 0 unspecified atom stereocenters. The maximum absolute atomic E-state index is 10.6. The van der Waals surface area contributed by atoms with Gasteiger partial charge in [0.15, 0.2) is 0 Å². The summed E-state index contributed by atoms with van der Waals surface area (Å²) in [5.74, 6) is 0. The number of hydrogen-bond donors (Lipinski definition) is 3. The van der Waals surface area contributed by atoms with Crippen LogP contribution in [0.15, 0.2) is 18.2 Å². The smallest absolute Gasteiger partial charge is 0.271 e. The van der Waals surface area contributed by atoms with Gasteiger partial charge in [-0.05, 0) is 18.9 Å². The van der Waals surface area contributed by atoms with E-state index in [2.05, 4.69) is 5.32 Å². The van der Waals surface area contributed by atoms with Crippen LogP contribution >= 0.6 is 0 Å². The first kappa shape index (κ1) is 13.6.